The molecule has 0 heterocycles. The molecule has 12 heavy (non-hydrogen) atoms. The van der Waals surface area contributed by atoms with E-state index in [0.29, 0.717) is 9.50 Å². The van der Waals surface area contributed by atoms with Gasteiger partial charge in [-0.05, 0) is 35.0 Å². The first kappa shape index (κ1) is 9.68. The van der Waals surface area contributed by atoms with Crippen LogP contribution in [0, 0.1) is 5.82 Å². The Bertz CT molecular complexity index is 338. The number of ketones is 1. The number of benzene rings is 1. The molecule has 1 nitrogen and oxygen atoms in total. The molecule has 64 valence electrons. The molecule has 0 aliphatic carbocycles. The molecule has 0 saturated heterocycles. The third-order valence-electron chi connectivity index (χ3n) is 1.39. The van der Waals surface area contributed by atoms with Crippen molar-refractivity contribution in [3.8, 4) is 0 Å². The molecule has 0 aliphatic heterocycles. The molecule has 0 aromatic heterocycles. The predicted octanol–water partition coefficient (Wildman–Crippen LogP) is 3.44. The zero-order valence-electron chi connectivity index (χ0n) is 6.20. The molecule has 0 radical (unpaired) electrons. The van der Waals surface area contributed by atoms with Gasteiger partial charge in [-0.3, -0.25) is 4.79 Å². The van der Waals surface area contributed by atoms with E-state index in [4.69, 9.17) is 11.6 Å². The summed E-state index contributed by atoms with van der Waals surface area (Å²) in [6.07, 6.45) is 0. The van der Waals surface area contributed by atoms with E-state index < -0.39 is 5.82 Å². The third kappa shape index (κ3) is 1.84. The van der Waals surface area contributed by atoms with Gasteiger partial charge in [0.05, 0.1) is 10.6 Å². The average Bonchev–Trinajstić information content (AvgIpc) is 1.96. The van der Waals surface area contributed by atoms with Crippen molar-refractivity contribution in [1.29, 1.82) is 0 Å². The van der Waals surface area contributed by atoms with Crippen molar-refractivity contribution in [2.24, 2.45) is 0 Å². The van der Waals surface area contributed by atoms with Gasteiger partial charge >= 0.3 is 0 Å². The molecule has 1 rings (SSSR count). The van der Waals surface area contributed by atoms with Crippen molar-refractivity contribution in [3.63, 3.8) is 0 Å². The first-order valence-corrected chi connectivity index (χ1v) is 4.35. The second-order valence-electron chi connectivity index (χ2n) is 2.30. The SMILES string of the molecule is CC(=O)c1cc(Cl)c(Br)cc1F. The molecule has 0 spiro atoms. The molecule has 1 aromatic rings. The Labute approximate surface area is 82.7 Å². The Morgan fingerprint density at radius 1 is 1.58 bits per heavy atom. The highest BCUT2D eigenvalue weighted by molar-refractivity contribution is 9.10. The number of carbonyl (C=O) groups is 1. The molecule has 4 heteroatoms. The lowest BCUT2D eigenvalue weighted by Gasteiger charge is -2.00. The summed E-state index contributed by atoms with van der Waals surface area (Å²) in [5, 5.41) is 0.335. The van der Waals surface area contributed by atoms with E-state index >= 15 is 0 Å². The van der Waals surface area contributed by atoms with Crippen molar-refractivity contribution in [3.05, 3.63) is 33.0 Å². The van der Waals surface area contributed by atoms with Crippen molar-refractivity contribution in [2.75, 3.05) is 0 Å². The second-order valence-corrected chi connectivity index (χ2v) is 3.56. The van der Waals surface area contributed by atoms with Gasteiger partial charge in [0.15, 0.2) is 5.78 Å². The van der Waals surface area contributed by atoms with Crippen LogP contribution in [-0.2, 0) is 0 Å². The summed E-state index contributed by atoms with van der Waals surface area (Å²) in [7, 11) is 0. The largest absolute Gasteiger partial charge is 0.294 e. The van der Waals surface area contributed by atoms with Gasteiger partial charge in [-0.15, -0.1) is 0 Å². The molecule has 0 atom stereocenters. The van der Waals surface area contributed by atoms with Gasteiger partial charge in [-0.25, -0.2) is 4.39 Å². The van der Waals surface area contributed by atoms with E-state index in [1.807, 2.05) is 0 Å². The molecule has 0 unspecified atom stereocenters. The van der Waals surface area contributed by atoms with Crippen LogP contribution in [-0.4, -0.2) is 5.78 Å². The monoisotopic (exact) mass is 250 g/mol. The van der Waals surface area contributed by atoms with Crippen LogP contribution in [0.2, 0.25) is 5.02 Å². The van der Waals surface area contributed by atoms with E-state index in [-0.39, 0.29) is 11.3 Å². The van der Waals surface area contributed by atoms with E-state index in [0.717, 1.165) is 0 Å². The maximum absolute atomic E-state index is 13.0. The molecule has 0 saturated carbocycles. The third-order valence-corrected chi connectivity index (χ3v) is 2.59. The van der Waals surface area contributed by atoms with Crippen molar-refractivity contribution in [1.82, 2.24) is 0 Å². The van der Waals surface area contributed by atoms with Crippen LogP contribution in [0.25, 0.3) is 0 Å². The minimum atomic E-state index is -0.557. The van der Waals surface area contributed by atoms with Gasteiger partial charge in [0.25, 0.3) is 0 Å². The number of hydrogen-bond donors (Lipinski definition) is 0. The van der Waals surface area contributed by atoms with Crippen molar-refractivity contribution < 1.29 is 9.18 Å². The molecule has 0 bridgehead atoms. The smallest absolute Gasteiger partial charge is 0.162 e. The topological polar surface area (TPSA) is 17.1 Å². The molecule has 0 N–H and O–H groups in total. The van der Waals surface area contributed by atoms with Gasteiger partial charge in [0, 0.05) is 4.47 Å². The first-order chi connectivity index (χ1) is 5.52. The normalized spacial score (nSPS) is 10.0. The Hall–Kier alpha value is -0.410. The van der Waals surface area contributed by atoms with Crippen LogP contribution >= 0.6 is 27.5 Å². The molecule has 1 aromatic carbocycles. The number of carbonyl (C=O) groups excluding carboxylic acids is 1. The Morgan fingerprint density at radius 2 is 2.17 bits per heavy atom. The highest BCUT2D eigenvalue weighted by Gasteiger charge is 2.09. The van der Waals surface area contributed by atoms with Crippen molar-refractivity contribution in [2.45, 2.75) is 6.92 Å². The highest BCUT2D eigenvalue weighted by Crippen LogP contribution is 2.25. The number of Topliss-reactive ketones (excluding diaryl/α,β-unsaturated/α-hetero) is 1. The highest BCUT2D eigenvalue weighted by atomic mass is 79.9. The van der Waals surface area contributed by atoms with Gasteiger partial charge in [0.1, 0.15) is 5.82 Å². The number of halogens is 3. The zero-order valence-corrected chi connectivity index (χ0v) is 8.54. The summed E-state index contributed by atoms with van der Waals surface area (Å²) in [4.78, 5) is 10.8. The van der Waals surface area contributed by atoms with Gasteiger partial charge in [-0.2, -0.15) is 0 Å². The van der Waals surface area contributed by atoms with Crippen LogP contribution in [0.15, 0.2) is 16.6 Å². The Morgan fingerprint density at radius 3 is 2.67 bits per heavy atom. The summed E-state index contributed by atoms with van der Waals surface area (Å²) < 4.78 is 13.4. The molecule has 0 amide bonds. The summed E-state index contributed by atoms with van der Waals surface area (Å²) >= 11 is 8.71. The molecular formula is C8H5BrClFO. The van der Waals surface area contributed by atoms with Gasteiger partial charge in [-0.1, -0.05) is 11.6 Å². The summed E-state index contributed by atoms with van der Waals surface area (Å²) in [6.45, 7) is 1.29. The standard InChI is InChI=1S/C8H5BrClFO/c1-4(12)5-2-7(10)6(9)3-8(5)11/h2-3H,1H3. The lowest BCUT2D eigenvalue weighted by atomic mass is 10.1. The number of rotatable bonds is 1. The Balaban J connectivity index is 3.33. The predicted molar refractivity (Wildman–Crippen MR) is 49.1 cm³/mol. The lowest BCUT2D eigenvalue weighted by molar-refractivity contribution is 0.101. The summed E-state index contributed by atoms with van der Waals surface area (Å²) in [6, 6.07) is 2.49. The van der Waals surface area contributed by atoms with Crippen LogP contribution in [0.5, 0.6) is 0 Å². The zero-order chi connectivity index (χ0) is 9.30. The minimum absolute atomic E-state index is 0.0169. The quantitative estimate of drug-likeness (QED) is 0.552. The van der Waals surface area contributed by atoms with Crippen molar-refractivity contribution >= 4 is 33.3 Å². The first-order valence-electron chi connectivity index (χ1n) is 3.18. The van der Waals surface area contributed by atoms with E-state index in [9.17, 15) is 9.18 Å². The maximum atomic E-state index is 13.0. The van der Waals surface area contributed by atoms with E-state index in [1.54, 1.807) is 0 Å². The van der Waals surface area contributed by atoms with Gasteiger partial charge < -0.3 is 0 Å². The van der Waals surface area contributed by atoms with Crippen LogP contribution in [0.3, 0.4) is 0 Å². The minimum Gasteiger partial charge on any atom is -0.294 e. The van der Waals surface area contributed by atoms with Crippen LogP contribution in [0.1, 0.15) is 17.3 Å². The summed E-state index contributed by atoms with van der Waals surface area (Å²) in [5.41, 5.74) is 0.0169. The lowest BCUT2D eigenvalue weighted by Crippen LogP contribution is -1.96. The van der Waals surface area contributed by atoms with E-state index in [2.05, 4.69) is 15.9 Å². The fraction of sp³-hybridized carbons (Fsp3) is 0.125. The van der Waals surface area contributed by atoms with E-state index in [1.165, 1.54) is 19.1 Å². The second kappa shape index (κ2) is 3.54. The molecule has 0 fully saturated rings. The fourth-order valence-electron chi connectivity index (χ4n) is 0.792. The fourth-order valence-corrected chi connectivity index (χ4v) is 1.27. The maximum Gasteiger partial charge on any atom is 0.162 e. The molecule has 0 aliphatic rings. The average molecular weight is 251 g/mol. The molecular weight excluding hydrogens is 246 g/mol. The van der Waals surface area contributed by atoms with Crippen LogP contribution in [0.4, 0.5) is 4.39 Å². The van der Waals surface area contributed by atoms with Gasteiger partial charge in [0.2, 0.25) is 0 Å². The summed E-state index contributed by atoms with van der Waals surface area (Å²) in [5.74, 6) is -0.888. The van der Waals surface area contributed by atoms with Crippen LogP contribution < -0.4 is 0 Å². The number of hydrogen-bond acceptors (Lipinski definition) is 1. The Kier molecular flexibility index (Phi) is 2.85.